The Hall–Kier alpha value is -1.66. The molecule has 0 saturated carbocycles. The third-order valence-corrected chi connectivity index (χ3v) is 3.42. The highest BCUT2D eigenvalue weighted by Gasteiger charge is 2.28. The van der Waals surface area contributed by atoms with Crippen molar-refractivity contribution in [1.29, 1.82) is 0 Å². The number of carbonyl (C=O) groups is 1. The average Bonchev–Trinajstić information content (AvgIpc) is 2.83. The Morgan fingerprint density at radius 2 is 2.45 bits per heavy atom. The molecule has 2 unspecified atom stereocenters. The Morgan fingerprint density at radius 1 is 1.70 bits per heavy atom. The van der Waals surface area contributed by atoms with E-state index in [1.807, 2.05) is 6.92 Å². The molecule has 3 N–H and O–H groups in total. The molecule has 6 heteroatoms. The van der Waals surface area contributed by atoms with Crippen LogP contribution in [0.25, 0.3) is 0 Å². The molecule has 20 heavy (non-hydrogen) atoms. The van der Waals surface area contributed by atoms with Crippen LogP contribution in [0.1, 0.15) is 19.8 Å². The lowest BCUT2D eigenvalue weighted by Crippen LogP contribution is -2.36. The number of nitrogens with zero attached hydrogens (tertiary/aromatic N) is 2. The number of nitrogens with one attached hydrogen (secondary N) is 1. The van der Waals surface area contributed by atoms with Crippen LogP contribution in [0.15, 0.2) is 29.2 Å². The predicted molar refractivity (Wildman–Crippen MR) is 75.9 cm³/mol. The summed E-state index contributed by atoms with van der Waals surface area (Å²) in [4.78, 5) is 18.1. The summed E-state index contributed by atoms with van der Waals surface area (Å²) < 4.78 is 0. The molecule has 2 aliphatic heterocycles. The molecule has 2 rings (SSSR count). The van der Waals surface area contributed by atoms with Crippen LogP contribution in [0.2, 0.25) is 0 Å². The van der Waals surface area contributed by atoms with Crippen molar-refractivity contribution in [2.45, 2.75) is 25.9 Å². The van der Waals surface area contributed by atoms with E-state index in [9.17, 15) is 9.90 Å². The highest BCUT2D eigenvalue weighted by Crippen LogP contribution is 2.16. The Morgan fingerprint density at radius 3 is 3.05 bits per heavy atom. The van der Waals surface area contributed by atoms with Crippen LogP contribution in [0.3, 0.4) is 0 Å². The van der Waals surface area contributed by atoms with Crippen molar-refractivity contribution in [3.8, 4) is 0 Å². The lowest BCUT2D eigenvalue weighted by atomic mass is 10.0. The van der Waals surface area contributed by atoms with Crippen LogP contribution in [-0.2, 0) is 4.79 Å². The van der Waals surface area contributed by atoms with Crippen LogP contribution in [0, 0.1) is 5.92 Å². The number of likely N-dealkylation sites (tertiary alicyclic amines) is 1. The number of hydrogen-bond donors (Lipinski definition) is 3. The quantitative estimate of drug-likeness (QED) is 0.676. The van der Waals surface area contributed by atoms with Gasteiger partial charge in [0.15, 0.2) is 0 Å². The van der Waals surface area contributed by atoms with Gasteiger partial charge in [0, 0.05) is 25.4 Å². The molecular formula is C14H21N3O3. The molecule has 0 aromatic carbocycles. The molecule has 110 valence electrons. The predicted octanol–water partition coefficient (Wildman–Crippen LogP) is -0.00260. The minimum Gasteiger partial charge on any atom is -0.396 e. The number of rotatable bonds is 4. The summed E-state index contributed by atoms with van der Waals surface area (Å²) >= 11 is 0. The topological polar surface area (TPSA) is 85.2 Å². The fourth-order valence-electron chi connectivity index (χ4n) is 2.34. The van der Waals surface area contributed by atoms with Gasteiger partial charge in [-0.1, -0.05) is 13.5 Å². The van der Waals surface area contributed by atoms with Crippen LogP contribution in [-0.4, -0.2) is 52.5 Å². The first kappa shape index (κ1) is 14.7. The summed E-state index contributed by atoms with van der Waals surface area (Å²) in [6, 6.07) is 0. The smallest absolute Gasteiger partial charge is 0.272 e. The number of aliphatic hydroxyl groups excluding tert-OH is 2. The first-order valence-corrected chi connectivity index (χ1v) is 6.83. The zero-order valence-corrected chi connectivity index (χ0v) is 11.7. The molecule has 0 aromatic rings. The number of aliphatic hydroxyl groups is 2. The minimum absolute atomic E-state index is 0.0875. The van der Waals surface area contributed by atoms with Gasteiger partial charge in [0.25, 0.3) is 5.91 Å². The molecule has 1 saturated heterocycles. The monoisotopic (exact) mass is 279 g/mol. The van der Waals surface area contributed by atoms with E-state index < -0.39 is 6.10 Å². The van der Waals surface area contributed by atoms with Crippen molar-refractivity contribution in [3.05, 3.63) is 24.2 Å². The number of carbonyl (C=O) groups excluding carboxylic acids is 1. The van der Waals surface area contributed by atoms with E-state index in [2.05, 4.69) is 16.9 Å². The average molecular weight is 279 g/mol. The lowest BCUT2D eigenvalue weighted by Gasteiger charge is -2.21. The molecule has 2 atom stereocenters. The number of β-amino-alcohol motifs (C(OH)–C–C–N with tert-alkyl or cyclic N) is 1. The normalized spacial score (nSPS) is 24.1. The molecule has 0 spiro atoms. The van der Waals surface area contributed by atoms with Crippen molar-refractivity contribution in [2.75, 3.05) is 19.7 Å². The third-order valence-electron chi connectivity index (χ3n) is 3.42. The molecular weight excluding hydrogens is 258 g/mol. The number of aliphatic imine (C=N–C) groups is 1. The van der Waals surface area contributed by atoms with Gasteiger partial charge in [-0.3, -0.25) is 4.79 Å². The van der Waals surface area contributed by atoms with Gasteiger partial charge in [0.1, 0.15) is 11.5 Å². The first-order valence-electron chi connectivity index (χ1n) is 6.83. The van der Waals surface area contributed by atoms with Crippen molar-refractivity contribution in [2.24, 2.45) is 10.9 Å². The molecule has 0 radical (unpaired) electrons. The summed E-state index contributed by atoms with van der Waals surface area (Å²) in [5.74, 6) is 0.346. The SMILES string of the molecule is C=C1N=C(C(=O)N2CCC(O)C2)C=C(CC(C)CO)N1. The summed E-state index contributed by atoms with van der Waals surface area (Å²) in [6.07, 6.45) is 2.50. The summed E-state index contributed by atoms with van der Waals surface area (Å²) in [7, 11) is 0. The van der Waals surface area contributed by atoms with Gasteiger partial charge in [-0.25, -0.2) is 4.99 Å². The van der Waals surface area contributed by atoms with Gasteiger partial charge in [-0.15, -0.1) is 0 Å². The van der Waals surface area contributed by atoms with Crippen molar-refractivity contribution >= 4 is 11.6 Å². The van der Waals surface area contributed by atoms with Gasteiger partial charge in [-0.05, 0) is 24.8 Å². The van der Waals surface area contributed by atoms with Gasteiger partial charge in [0.2, 0.25) is 0 Å². The van der Waals surface area contributed by atoms with E-state index in [0.29, 0.717) is 37.5 Å². The van der Waals surface area contributed by atoms with Crippen LogP contribution in [0.4, 0.5) is 0 Å². The van der Waals surface area contributed by atoms with Crippen LogP contribution in [0.5, 0.6) is 0 Å². The second-order valence-corrected chi connectivity index (χ2v) is 5.42. The van der Waals surface area contributed by atoms with E-state index in [0.717, 1.165) is 5.70 Å². The van der Waals surface area contributed by atoms with Crippen molar-refractivity contribution in [1.82, 2.24) is 10.2 Å². The Balaban J connectivity index is 2.09. The third kappa shape index (κ3) is 3.46. The molecule has 0 aliphatic carbocycles. The number of amides is 1. The van der Waals surface area contributed by atoms with Gasteiger partial charge >= 0.3 is 0 Å². The molecule has 6 nitrogen and oxygen atoms in total. The van der Waals surface area contributed by atoms with E-state index >= 15 is 0 Å². The van der Waals surface area contributed by atoms with Crippen LogP contribution >= 0.6 is 0 Å². The molecule has 2 aliphatic rings. The Bertz CT molecular complexity index is 470. The van der Waals surface area contributed by atoms with Gasteiger partial charge < -0.3 is 20.4 Å². The molecule has 2 heterocycles. The van der Waals surface area contributed by atoms with E-state index in [1.165, 1.54) is 0 Å². The fourth-order valence-corrected chi connectivity index (χ4v) is 2.34. The molecule has 1 fully saturated rings. The van der Waals surface area contributed by atoms with E-state index in [4.69, 9.17) is 5.11 Å². The maximum Gasteiger partial charge on any atom is 0.272 e. The molecule has 1 amide bonds. The minimum atomic E-state index is -0.442. The largest absolute Gasteiger partial charge is 0.396 e. The molecule has 0 aromatic heterocycles. The van der Waals surface area contributed by atoms with Crippen molar-refractivity contribution in [3.63, 3.8) is 0 Å². The zero-order chi connectivity index (χ0) is 14.7. The second kappa shape index (κ2) is 6.19. The highest BCUT2D eigenvalue weighted by atomic mass is 16.3. The Labute approximate surface area is 118 Å². The zero-order valence-electron chi connectivity index (χ0n) is 11.7. The fraction of sp³-hybridized carbons (Fsp3) is 0.571. The standard InChI is InChI=1S/C14H21N3O3/c1-9(8-18)5-11-6-13(16-10(2)15-11)14(20)17-4-3-12(19)7-17/h6,9,12,15,18-19H,2-5,7-8H2,1H3. The lowest BCUT2D eigenvalue weighted by molar-refractivity contribution is -0.123. The first-order chi connectivity index (χ1) is 9.49. The number of allylic oxidation sites excluding steroid dienone is 1. The maximum atomic E-state index is 12.3. The second-order valence-electron chi connectivity index (χ2n) is 5.42. The summed E-state index contributed by atoms with van der Waals surface area (Å²) in [6.45, 7) is 6.67. The van der Waals surface area contributed by atoms with Gasteiger partial charge in [-0.2, -0.15) is 0 Å². The molecule has 0 bridgehead atoms. The van der Waals surface area contributed by atoms with Crippen LogP contribution < -0.4 is 5.32 Å². The van der Waals surface area contributed by atoms with Gasteiger partial charge in [0.05, 0.1) is 6.10 Å². The summed E-state index contributed by atoms with van der Waals surface area (Å²) in [5, 5.41) is 21.6. The highest BCUT2D eigenvalue weighted by molar-refractivity contribution is 6.43. The summed E-state index contributed by atoms with van der Waals surface area (Å²) in [5.41, 5.74) is 1.16. The van der Waals surface area contributed by atoms with E-state index in [-0.39, 0.29) is 18.4 Å². The maximum absolute atomic E-state index is 12.3. The number of hydrogen-bond acceptors (Lipinski definition) is 5. The Kier molecular flexibility index (Phi) is 4.57. The van der Waals surface area contributed by atoms with E-state index in [1.54, 1.807) is 11.0 Å². The van der Waals surface area contributed by atoms with Crippen molar-refractivity contribution < 1.29 is 15.0 Å².